The first-order valence-corrected chi connectivity index (χ1v) is 7.56. The van der Waals surface area contributed by atoms with Gasteiger partial charge in [0.1, 0.15) is 11.5 Å². The lowest BCUT2D eigenvalue weighted by Crippen LogP contribution is -2.47. The predicted octanol–water partition coefficient (Wildman–Crippen LogP) is 0.401. The van der Waals surface area contributed by atoms with Crippen LogP contribution >= 0.6 is 0 Å². The lowest BCUT2D eigenvalue weighted by atomic mass is 10.2. The summed E-state index contributed by atoms with van der Waals surface area (Å²) in [6.45, 7) is 4.15. The van der Waals surface area contributed by atoms with Crippen LogP contribution in [0.4, 0.5) is 0 Å². The van der Waals surface area contributed by atoms with Crippen LogP contribution in [-0.4, -0.2) is 75.9 Å². The van der Waals surface area contributed by atoms with Gasteiger partial charge in [-0.15, -0.1) is 0 Å². The minimum absolute atomic E-state index is 0.110. The summed E-state index contributed by atoms with van der Waals surface area (Å²) >= 11 is 0. The van der Waals surface area contributed by atoms with Crippen molar-refractivity contribution in [3.8, 4) is 11.5 Å². The minimum atomic E-state index is -0.110. The van der Waals surface area contributed by atoms with E-state index in [0.717, 1.165) is 31.7 Å². The molecular weight excluding hydrogens is 296 g/mol. The summed E-state index contributed by atoms with van der Waals surface area (Å²) < 4.78 is 10.4. The zero-order valence-electron chi connectivity index (χ0n) is 13.9. The Morgan fingerprint density at radius 1 is 1.17 bits per heavy atom. The van der Waals surface area contributed by atoms with Crippen LogP contribution in [0.25, 0.3) is 0 Å². The molecule has 0 saturated carbocycles. The smallest absolute Gasteiger partial charge is 0.254 e. The Bertz CT molecular complexity index is 532. The van der Waals surface area contributed by atoms with Gasteiger partial charge < -0.3 is 14.4 Å². The van der Waals surface area contributed by atoms with Crippen molar-refractivity contribution in [2.24, 2.45) is 5.10 Å². The molecule has 0 spiro atoms. The highest BCUT2D eigenvalue weighted by Crippen LogP contribution is 2.21. The number of amides is 1. The van der Waals surface area contributed by atoms with Crippen molar-refractivity contribution in [1.29, 1.82) is 0 Å². The second kappa shape index (κ2) is 8.50. The SMILES string of the molecule is COc1cc(/C=N\NC(=O)CN2CCN(C)CC2)cc(OC)c1. The Morgan fingerprint density at radius 2 is 1.78 bits per heavy atom. The third-order valence-electron chi connectivity index (χ3n) is 3.74. The van der Waals surface area contributed by atoms with Crippen LogP contribution in [0.1, 0.15) is 5.56 Å². The first kappa shape index (κ1) is 17.2. The van der Waals surface area contributed by atoms with Gasteiger partial charge in [-0.3, -0.25) is 9.69 Å². The molecule has 0 radical (unpaired) electrons. The normalized spacial score (nSPS) is 16.5. The van der Waals surface area contributed by atoms with Gasteiger partial charge in [0.15, 0.2) is 0 Å². The summed E-state index contributed by atoms with van der Waals surface area (Å²) in [5.74, 6) is 1.24. The van der Waals surface area contributed by atoms with Crippen LogP contribution in [0.5, 0.6) is 11.5 Å². The number of rotatable bonds is 6. The van der Waals surface area contributed by atoms with Crippen molar-refractivity contribution in [3.63, 3.8) is 0 Å². The van der Waals surface area contributed by atoms with E-state index in [2.05, 4.69) is 27.4 Å². The molecule has 0 aliphatic carbocycles. The Morgan fingerprint density at radius 3 is 2.35 bits per heavy atom. The highest BCUT2D eigenvalue weighted by atomic mass is 16.5. The molecule has 0 atom stereocenters. The number of hydrogen-bond donors (Lipinski definition) is 1. The highest BCUT2D eigenvalue weighted by Gasteiger charge is 2.15. The molecule has 1 amide bonds. The Labute approximate surface area is 136 Å². The second-order valence-corrected chi connectivity index (χ2v) is 5.52. The monoisotopic (exact) mass is 320 g/mol. The molecule has 7 heteroatoms. The maximum absolute atomic E-state index is 11.9. The quantitative estimate of drug-likeness (QED) is 0.607. The van der Waals surface area contributed by atoms with E-state index in [0.29, 0.717) is 18.0 Å². The summed E-state index contributed by atoms with van der Waals surface area (Å²) in [4.78, 5) is 16.3. The van der Waals surface area contributed by atoms with Gasteiger partial charge in [-0.25, -0.2) is 5.43 Å². The number of methoxy groups -OCH3 is 2. The Balaban J connectivity index is 1.84. The van der Waals surface area contributed by atoms with Crippen LogP contribution < -0.4 is 14.9 Å². The summed E-state index contributed by atoms with van der Waals surface area (Å²) in [6, 6.07) is 5.42. The fraction of sp³-hybridized carbons (Fsp3) is 0.500. The van der Waals surface area contributed by atoms with Crippen LogP contribution in [0.2, 0.25) is 0 Å². The first-order valence-electron chi connectivity index (χ1n) is 7.56. The number of ether oxygens (including phenoxy) is 2. The lowest BCUT2D eigenvalue weighted by molar-refractivity contribution is -0.122. The summed E-state index contributed by atoms with van der Waals surface area (Å²) in [5, 5.41) is 4.00. The van der Waals surface area contributed by atoms with Crippen LogP contribution in [-0.2, 0) is 4.79 Å². The average molecular weight is 320 g/mol. The zero-order chi connectivity index (χ0) is 16.7. The third kappa shape index (κ3) is 5.54. The van der Waals surface area contributed by atoms with Crippen molar-refractivity contribution < 1.29 is 14.3 Å². The van der Waals surface area contributed by atoms with E-state index in [1.165, 1.54) is 0 Å². The van der Waals surface area contributed by atoms with E-state index >= 15 is 0 Å². The van der Waals surface area contributed by atoms with Crippen molar-refractivity contribution in [2.45, 2.75) is 0 Å². The van der Waals surface area contributed by atoms with Gasteiger partial charge in [0.05, 0.1) is 27.0 Å². The van der Waals surface area contributed by atoms with E-state index in [1.54, 1.807) is 26.5 Å². The molecule has 7 nitrogen and oxygen atoms in total. The first-order chi connectivity index (χ1) is 11.1. The Hall–Kier alpha value is -2.12. The number of carbonyl (C=O) groups excluding carboxylic acids is 1. The molecule has 126 valence electrons. The fourth-order valence-electron chi connectivity index (χ4n) is 2.33. The summed E-state index contributed by atoms with van der Waals surface area (Å²) in [6.07, 6.45) is 1.58. The predicted molar refractivity (Wildman–Crippen MR) is 89.2 cm³/mol. The summed E-state index contributed by atoms with van der Waals surface area (Å²) in [7, 11) is 5.27. The van der Waals surface area contributed by atoms with E-state index in [4.69, 9.17) is 9.47 Å². The van der Waals surface area contributed by atoms with Gasteiger partial charge >= 0.3 is 0 Å². The molecule has 1 aliphatic rings. The Kier molecular flexibility index (Phi) is 6.37. The molecule has 1 N–H and O–H groups in total. The largest absolute Gasteiger partial charge is 0.497 e. The molecule has 1 saturated heterocycles. The maximum Gasteiger partial charge on any atom is 0.254 e. The van der Waals surface area contributed by atoms with Gasteiger partial charge in [0, 0.05) is 37.8 Å². The van der Waals surface area contributed by atoms with Crippen molar-refractivity contribution in [3.05, 3.63) is 23.8 Å². The van der Waals surface area contributed by atoms with E-state index in [1.807, 2.05) is 12.1 Å². The van der Waals surface area contributed by atoms with Gasteiger partial charge in [-0.1, -0.05) is 0 Å². The molecule has 23 heavy (non-hydrogen) atoms. The molecule has 0 unspecified atom stereocenters. The number of piperazine rings is 1. The molecule has 2 rings (SSSR count). The molecule has 1 fully saturated rings. The van der Waals surface area contributed by atoms with Crippen molar-refractivity contribution in [2.75, 3.05) is 54.0 Å². The van der Waals surface area contributed by atoms with E-state index < -0.39 is 0 Å². The number of nitrogens with zero attached hydrogens (tertiary/aromatic N) is 3. The lowest BCUT2D eigenvalue weighted by Gasteiger charge is -2.31. The van der Waals surface area contributed by atoms with Gasteiger partial charge in [0.25, 0.3) is 5.91 Å². The third-order valence-corrected chi connectivity index (χ3v) is 3.74. The van der Waals surface area contributed by atoms with Crippen LogP contribution in [0, 0.1) is 0 Å². The fourth-order valence-corrected chi connectivity index (χ4v) is 2.33. The molecule has 0 bridgehead atoms. The minimum Gasteiger partial charge on any atom is -0.497 e. The van der Waals surface area contributed by atoms with Gasteiger partial charge in [-0.05, 0) is 19.2 Å². The van der Waals surface area contributed by atoms with E-state index in [9.17, 15) is 4.79 Å². The van der Waals surface area contributed by atoms with Crippen LogP contribution in [0.3, 0.4) is 0 Å². The van der Waals surface area contributed by atoms with Crippen molar-refractivity contribution >= 4 is 12.1 Å². The average Bonchev–Trinajstić information content (AvgIpc) is 2.56. The number of likely N-dealkylation sites (N-methyl/N-ethyl adjacent to an activating group) is 1. The number of hydrogen-bond acceptors (Lipinski definition) is 6. The number of nitrogens with one attached hydrogen (secondary N) is 1. The van der Waals surface area contributed by atoms with Crippen LogP contribution in [0.15, 0.2) is 23.3 Å². The van der Waals surface area contributed by atoms with Crippen molar-refractivity contribution in [1.82, 2.24) is 15.2 Å². The molecule has 1 aliphatic heterocycles. The molecule has 1 heterocycles. The molecular formula is C16H24N4O3. The highest BCUT2D eigenvalue weighted by molar-refractivity contribution is 5.84. The second-order valence-electron chi connectivity index (χ2n) is 5.52. The number of hydrazone groups is 1. The standard InChI is InChI=1S/C16H24N4O3/c1-19-4-6-20(7-5-19)12-16(21)18-17-11-13-8-14(22-2)10-15(9-13)23-3/h8-11H,4-7,12H2,1-3H3,(H,18,21)/b17-11-. The zero-order valence-corrected chi connectivity index (χ0v) is 13.9. The van der Waals surface area contributed by atoms with E-state index in [-0.39, 0.29) is 5.91 Å². The van der Waals surface area contributed by atoms with Gasteiger partial charge in [-0.2, -0.15) is 5.10 Å². The molecule has 0 aromatic heterocycles. The maximum atomic E-state index is 11.9. The molecule has 1 aromatic rings. The number of benzene rings is 1. The topological polar surface area (TPSA) is 66.4 Å². The number of carbonyl (C=O) groups is 1. The molecule has 1 aromatic carbocycles. The van der Waals surface area contributed by atoms with Gasteiger partial charge in [0.2, 0.25) is 0 Å². The summed E-state index contributed by atoms with van der Waals surface area (Å²) in [5.41, 5.74) is 3.35.